The number of hydrogen-bond acceptors (Lipinski definition) is 3. The molecule has 4 heteroatoms. The molecular formula is C26H34N2O2. The number of methoxy groups -OCH3 is 1. The lowest BCUT2D eigenvalue weighted by molar-refractivity contribution is 0.0689. The molecule has 4 rings (SSSR count). The number of hydrogen-bond donors (Lipinski definition) is 1. The zero-order valence-electron chi connectivity index (χ0n) is 18.9. The van der Waals surface area contributed by atoms with E-state index in [2.05, 4.69) is 43.1 Å². The van der Waals surface area contributed by atoms with Crippen LogP contribution in [0.3, 0.4) is 0 Å². The van der Waals surface area contributed by atoms with Crippen molar-refractivity contribution >= 4 is 5.91 Å². The predicted molar refractivity (Wildman–Crippen MR) is 121 cm³/mol. The number of rotatable bonds is 5. The first-order valence-electron chi connectivity index (χ1n) is 11.2. The van der Waals surface area contributed by atoms with E-state index in [0.29, 0.717) is 18.1 Å². The highest BCUT2D eigenvalue weighted by Gasteiger charge is 2.43. The quantitative estimate of drug-likeness (QED) is 0.750. The highest BCUT2D eigenvalue weighted by atomic mass is 16.5. The van der Waals surface area contributed by atoms with Crippen molar-refractivity contribution in [1.29, 1.82) is 0 Å². The van der Waals surface area contributed by atoms with Gasteiger partial charge in [-0.3, -0.25) is 9.69 Å². The Morgan fingerprint density at radius 1 is 1.07 bits per heavy atom. The maximum atomic E-state index is 12.7. The van der Waals surface area contributed by atoms with Gasteiger partial charge in [-0.15, -0.1) is 0 Å². The first kappa shape index (κ1) is 20.9. The van der Waals surface area contributed by atoms with Gasteiger partial charge in [0.2, 0.25) is 0 Å². The van der Waals surface area contributed by atoms with E-state index in [1.807, 2.05) is 31.2 Å². The van der Waals surface area contributed by atoms with E-state index in [0.717, 1.165) is 29.7 Å². The minimum Gasteiger partial charge on any atom is -0.496 e. The van der Waals surface area contributed by atoms with Gasteiger partial charge >= 0.3 is 0 Å². The smallest absolute Gasteiger partial charge is 0.251 e. The Morgan fingerprint density at radius 3 is 2.40 bits per heavy atom. The molecule has 2 bridgehead atoms. The van der Waals surface area contributed by atoms with E-state index >= 15 is 0 Å². The van der Waals surface area contributed by atoms with E-state index in [-0.39, 0.29) is 11.9 Å². The summed E-state index contributed by atoms with van der Waals surface area (Å²) in [6.07, 6.45) is 4.51. The number of carbonyl (C=O) groups excluding carboxylic acids is 1. The molecule has 2 aliphatic heterocycles. The molecule has 0 saturated carbocycles. The maximum absolute atomic E-state index is 12.7. The van der Waals surface area contributed by atoms with Crippen molar-refractivity contribution in [1.82, 2.24) is 10.2 Å². The van der Waals surface area contributed by atoms with Crippen molar-refractivity contribution in [3.63, 3.8) is 0 Å². The van der Waals surface area contributed by atoms with Crippen molar-refractivity contribution < 1.29 is 9.53 Å². The highest BCUT2D eigenvalue weighted by molar-refractivity contribution is 5.94. The van der Waals surface area contributed by atoms with E-state index in [1.165, 1.54) is 29.5 Å². The third kappa shape index (κ3) is 3.85. The molecule has 4 nitrogen and oxygen atoms in total. The molecule has 0 aromatic heterocycles. The molecule has 0 radical (unpaired) electrons. The molecule has 0 aliphatic carbocycles. The first-order chi connectivity index (χ1) is 14.4. The number of amides is 1. The molecule has 160 valence electrons. The molecule has 2 fully saturated rings. The monoisotopic (exact) mass is 406 g/mol. The maximum Gasteiger partial charge on any atom is 0.251 e. The van der Waals surface area contributed by atoms with Crippen molar-refractivity contribution in [2.24, 2.45) is 0 Å². The number of ether oxygens (including phenoxy) is 1. The number of nitrogens with zero attached hydrogens (tertiary/aromatic N) is 1. The van der Waals surface area contributed by atoms with Crippen LogP contribution < -0.4 is 10.1 Å². The number of nitrogens with one attached hydrogen (secondary N) is 1. The minimum absolute atomic E-state index is 0.0613. The molecule has 2 aromatic carbocycles. The van der Waals surface area contributed by atoms with Gasteiger partial charge in [0.05, 0.1) is 7.11 Å². The molecule has 2 heterocycles. The molecular weight excluding hydrogens is 372 g/mol. The Balaban J connectivity index is 1.47. The fourth-order valence-corrected chi connectivity index (χ4v) is 5.67. The lowest BCUT2D eigenvalue weighted by atomic mass is 9.91. The number of aryl methyl sites for hydroxylation is 1. The summed E-state index contributed by atoms with van der Waals surface area (Å²) < 4.78 is 5.50. The van der Waals surface area contributed by atoms with Crippen molar-refractivity contribution in [3.8, 4) is 5.75 Å². The Bertz CT molecular complexity index is 925. The average molecular weight is 407 g/mol. The largest absolute Gasteiger partial charge is 0.496 e. The van der Waals surface area contributed by atoms with Crippen LogP contribution in [0.4, 0.5) is 0 Å². The summed E-state index contributed by atoms with van der Waals surface area (Å²) in [5.74, 6) is 1.02. The normalized spacial score (nSPS) is 24.5. The average Bonchev–Trinajstić information content (AvgIpc) is 3.00. The van der Waals surface area contributed by atoms with Crippen LogP contribution in [0.5, 0.6) is 5.75 Å². The van der Waals surface area contributed by atoms with Gasteiger partial charge in [-0.2, -0.15) is 0 Å². The fraction of sp³-hybridized carbons (Fsp3) is 0.500. The zero-order chi connectivity index (χ0) is 21.4. The second-order valence-electron chi connectivity index (χ2n) is 9.13. The standard InChI is InChI=1S/C26H34N2O2/c1-16-7-6-8-20(13-16)26(29)27-21-14-22-9-10-23(15-21)28(22)19(4)24-11-12-25(30-5)18(3)17(24)2/h6-8,11-13,19,21-23H,9-10,14-15H2,1-5H3,(H,27,29). The first-order valence-corrected chi connectivity index (χ1v) is 11.2. The number of fused-ring (bicyclic) bond motifs is 2. The van der Waals surface area contributed by atoms with Crippen LogP contribution in [0.15, 0.2) is 36.4 Å². The van der Waals surface area contributed by atoms with Crippen molar-refractivity contribution in [2.45, 2.75) is 77.5 Å². The van der Waals surface area contributed by atoms with Gasteiger partial charge in [0.15, 0.2) is 0 Å². The van der Waals surface area contributed by atoms with Crippen LogP contribution in [-0.4, -0.2) is 36.0 Å². The molecule has 30 heavy (non-hydrogen) atoms. The van der Waals surface area contributed by atoms with E-state index in [1.54, 1.807) is 7.11 Å². The number of piperidine rings is 1. The predicted octanol–water partition coefficient (Wildman–Crippen LogP) is 5.11. The Kier molecular flexibility index (Phi) is 5.88. The topological polar surface area (TPSA) is 41.6 Å². The van der Waals surface area contributed by atoms with Gasteiger partial charge in [-0.25, -0.2) is 0 Å². The fourth-order valence-electron chi connectivity index (χ4n) is 5.67. The van der Waals surface area contributed by atoms with Crippen LogP contribution in [-0.2, 0) is 0 Å². The van der Waals surface area contributed by atoms with Crippen LogP contribution >= 0.6 is 0 Å². The molecule has 3 unspecified atom stereocenters. The molecule has 2 saturated heterocycles. The number of carbonyl (C=O) groups is 1. The molecule has 2 aliphatic rings. The van der Waals surface area contributed by atoms with Crippen molar-refractivity contribution in [2.75, 3.05) is 7.11 Å². The van der Waals surface area contributed by atoms with Gasteiger partial charge in [0.25, 0.3) is 5.91 Å². The van der Waals surface area contributed by atoms with Crippen LogP contribution in [0, 0.1) is 20.8 Å². The lowest BCUT2D eigenvalue weighted by Gasteiger charge is -2.43. The summed E-state index contributed by atoms with van der Waals surface area (Å²) >= 11 is 0. The SMILES string of the molecule is COc1ccc(C(C)N2C3CCC2CC(NC(=O)c2cccc(C)c2)C3)c(C)c1C. The summed E-state index contributed by atoms with van der Waals surface area (Å²) in [4.78, 5) is 15.5. The summed E-state index contributed by atoms with van der Waals surface area (Å²) in [5.41, 5.74) is 5.84. The Labute approximate surface area is 180 Å². The van der Waals surface area contributed by atoms with Gasteiger partial charge in [-0.05, 0) is 88.3 Å². The Hall–Kier alpha value is -2.33. The Morgan fingerprint density at radius 2 is 1.77 bits per heavy atom. The third-order valence-electron chi connectivity index (χ3n) is 7.30. The second-order valence-corrected chi connectivity index (χ2v) is 9.13. The van der Waals surface area contributed by atoms with Gasteiger partial charge in [0, 0.05) is 29.7 Å². The number of benzene rings is 2. The van der Waals surface area contributed by atoms with E-state index in [4.69, 9.17) is 4.74 Å². The molecule has 0 spiro atoms. The third-order valence-corrected chi connectivity index (χ3v) is 7.30. The summed E-state index contributed by atoms with van der Waals surface area (Å²) in [7, 11) is 1.74. The minimum atomic E-state index is 0.0613. The molecule has 1 amide bonds. The van der Waals surface area contributed by atoms with Crippen molar-refractivity contribution in [3.05, 3.63) is 64.2 Å². The van der Waals surface area contributed by atoms with Crippen LogP contribution in [0.25, 0.3) is 0 Å². The van der Waals surface area contributed by atoms with E-state index < -0.39 is 0 Å². The summed E-state index contributed by atoms with van der Waals surface area (Å²) in [6.45, 7) is 8.72. The zero-order valence-corrected chi connectivity index (χ0v) is 18.9. The second kappa shape index (κ2) is 8.43. The molecule has 3 atom stereocenters. The van der Waals surface area contributed by atoms with Gasteiger partial charge < -0.3 is 10.1 Å². The van der Waals surface area contributed by atoms with E-state index in [9.17, 15) is 4.79 Å². The van der Waals surface area contributed by atoms with Gasteiger partial charge in [0.1, 0.15) is 5.75 Å². The van der Waals surface area contributed by atoms with Crippen LogP contribution in [0.1, 0.15) is 71.3 Å². The summed E-state index contributed by atoms with van der Waals surface area (Å²) in [5, 5.41) is 3.32. The highest BCUT2D eigenvalue weighted by Crippen LogP contribution is 2.43. The molecule has 1 N–H and O–H groups in total. The van der Waals surface area contributed by atoms with Crippen LogP contribution in [0.2, 0.25) is 0 Å². The summed E-state index contributed by atoms with van der Waals surface area (Å²) in [6, 6.07) is 13.9. The molecule has 2 aromatic rings. The lowest BCUT2D eigenvalue weighted by Crippen LogP contribution is -2.51. The van der Waals surface area contributed by atoms with Gasteiger partial charge in [-0.1, -0.05) is 23.8 Å².